The molecule has 0 saturated carbocycles. The number of hydrogen-bond acceptors (Lipinski definition) is 4. The second kappa shape index (κ2) is 9.08. The highest BCUT2D eigenvalue weighted by Gasteiger charge is 2.26. The van der Waals surface area contributed by atoms with E-state index in [-0.39, 0.29) is 11.8 Å². The zero-order valence-electron chi connectivity index (χ0n) is 17.6. The van der Waals surface area contributed by atoms with Crippen molar-refractivity contribution >= 4 is 11.7 Å². The third-order valence-corrected chi connectivity index (χ3v) is 5.79. The molecule has 1 aliphatic heterocycles. The quantitative estimate of drug-likeness (QED) is 0.694. The zero-order valence-corrected chi connectivity index (χ0v) is 17.6. The van der Waals surface area contributed by atoms with Crippen LogP contribution in [-0.4, -0.2) is 29.2 Å². The summed E-state index contributed by atoms with van der Waals surface area (Å²) in [7, 11) is 0. The molecule has 5 nitrogen and oxygen atoms in total. The first kappa shape index (κ1) is 20.1. The van der Waals surface area contributed by atoms with E-state index in [1.165, 1.54) is 11.1 Å². The zero-order chi connectivity index (χ0) is 20.9. The maximum Gasteiger partial charge on any atom is 0.225 e. The van der Waals surface area contributed by atoms with Gasteiger partial charge in [0.15, 0.2) is 5.82 Å². The molecule has 2 heterocycles. The molecule has 5 heteroatoms. The molecular weight excluding hydrogens is 372 g/mol. The molecule has 1 unspecified atom stereocenters. The summed E-state index contributed by atoms with van der Waals surface area (Å²) < 4.78 is 0. The van der Waals surface area contributed by atoms with Gasteiger partial charge in [0.1, 0.15) is 0 Å². The molecular formula is C25H28N4O. The topological polar surface area (TPSA) is 58.1 Å². The fourth-order valence-corrected chi connectivity index (χ4v) is 3.99. The number of carbonyl (C=O) groups excluding carboxylic acids is 1. The number of aryl methyl sites for hydroxylation is 2. The van der Waals surface area contributed by atoms with Gasteiger partial charge in [0.05, 0.1) is 11.6 Å². The van der Waals surface area contributed by atoms with Crippen LogP contribution in [-0.2, 0) is 11.3 Å². The molecule has 1 fully saturated rings. The SMILES string of the molecule is Cc1cccc(-c2ccc(N3CCCC(C(=O)NCc4ccccc4C)C3)nn2)c1. The maximum atomic E-state index is 12.8. The van der Waals surface area contributed by atoms with Gasteiger partial charge in [-0.05, 0) is 56.0 Å². The number of nitrogens with one attached hydrogen (secondary N) is 1. The highest BCUT2D eigenvalue weighted by molar-refractivity contribution is 5.79. The molecule has 3 aromatic rings. The van der Waals surface area contributed by atoms with Crippen LogP contribution in [0.2, 0.25) is 0 Å². The van der Waals surface area contributed by atoms with Crippen molar-refractivity contribution in [3.63, 3.8) is 0 Å². The van der Waals surface area contributed by atoms with Crippen LogP contribution in [0.1, 0.15) is 29.5 Å². The van der Waals surface area contributed by atoms with Gasteiger partial charge in [-0.3, -0.25) is 4.79 Å². The van der Waals surface area contributed by atoms with E-state index in [2.05, 4.69) is 58.5 Å². The summed E-state index contributed by atoms with van der Waals surface area (Å²) in [5.74, 6) is 0.927. The van der Waals surface area contributed by atoms with Gasteiger partial charge in [0.25, 0.3) is 0 Å². The van der Waals surface area contributed by atoms with Crippen molar-refractivity contribution in [3.05, 3.63) is 77.4 Å². The molecule has 1 saturated heterocycles. The Hall–Kier alpha value is -3.21. The summed E-state index contributed by atoms with van der Waals surface area (Å²) in [4.78, 5) is 14.9. The average molecular weight is 401 g/mol. The molecule has 154 valence electrons. The number of carbonyl (C=O) groups is 1. The van der Waals surface area contributed by atoms with Crippen LogP contribution in [0.15, 0.2) is 60.7 Å². The van der Waals surface area contributed by atoms with E-state index in [1.54, 1.807) is 0 Å². The highest BCUT2D eigenvalue weighted by atomic mass is 16.1. The van der Waals surface area contributed by atoms with Gasteiger partial charge in [-0.15, -0.1) is 10.2 Å². The first-order valence-corrected chi connectivity index (χ1v) is 10.6. The molecule has 1 amide bonds. The lowest BCUT2D eigenvalue weighted by atomic mass is 9.97. The second-order valence-electron chi connectivity index (χ2n) is 8.08. The van der Waals surface area contributed by atoms with Gasteiger partial charge in [0.2, 0.25) is 5.91 Å². The monoisotopic (exact) mass is 400 g/mol. The van der Waals surface area contributed by atoms with Crippen molar-refractivity contribution in [2.24, 2.45) is 5.92 Å². The number of benzene rings is 2. The van der Waals surface area contributed by atoms with E-state index in [1.807, 2.05) is 36.4 Å². The Kier molecular flexibility index (Phi) is 6.07. The van der Waals surface area contributed by atoms with Gasteiger partial charge in [0, 0.05) is 25.2 Å². The van der Waals surface area contributed by atoms with Crippen molar-refractivity contribution in [3.8, 4) is 11.3 Å². The second-order valence-corrected chi connectivity index (χ2v) is 8.08. The first-order chi connectivity index (χ1) is 14.6. The van der Waals surface area contributed by atoms with Gasteiger partial charge in [-0.25, -0.2) is 0 Å². The third-order valence-electron chi connectivity index (χ3n) is 5.79. The van der Waals surface area contributed by atoms with Crippen LogP contribution < -0.4 is 10.2 Å². The van der Waals surface area contributed by atoms with Crippen LogP contribution in [0.5, 0.6) is 0 Å². The Balaban J connectivity index is 1.38. The predicted octanol–water partition coefficient (Wildman–Crippen LogP) is 4.29. The summed E-state index contributed by atoms with van der Waals surface area (Å²) in [5.41, 5.74) is 5.50. The summed E-state index contributed by atoms with van der Waals surface area (Å²) in [5, 5.41) is 12.0. The summed E-state index contributed by atoms with van der Waals surface area (Å²) in [6.07, 6.45) is 1.88. The van der Waals surface area contributed by atoms with Crippen LogP contribution >= 0.6 is 0 Å². The van der Waals surface area contributed by atoms with E-state index in [4.69, 9.17) is 0 Å². The van der Waals surface area contributed by atoms with Gasteiger partial charge in [-0.1, -0.05) is 48.0 Å². The van der Waals surface area contributed by atoms with Crippen molar-refractivity contribution in [1.29, 1.82) is 0 Å². The molecule has 0 aliphatic carbocycles. The molecule has 4 rings (SSSR count). The maximum absolute atomic E-state index is 12.8. The average Bonchev–Trinajstić information content (AvgIpc) is 2.78. The van der Waals surface area contributed by atoms with E-state index >= 15 is 0 Å². The van der Waals surface area contributed by atoms with Gasteiger partial charge in [-0.2, -0.15) is 0 Å². The number of hydrogen-bond donors (Lipinski definition) is 1. The van der Waals surface area contributed by atoms with Crippen molar-refractivity contribution in [2.45, 2.75) is 33.2 Å². The van der Waals surface area contributed by atoms with Crippen molar-refractivity contribution in [2.75, 3.05) is 18.0 Å². The highest BCUT2D eigenvalue weighted by Crippen LogP contribution is 2.24. The van der Waals surface area contributed by atoms with Gasteiger partial charge < -0.3 is 10.2 Å². The molecule has 0 spiro atoms. The van der Waals surface area contributed by atoms with Crippen molar-refractivity contribution in [1.82, 2.24) is 15.5 Å². The number of anilines is 1. The van der Waals surface area contributed by atoms with Gasteiger partial charge >= 0.3 is 0 Å². The van der Waals surface area contributed by atoms with Crippen LogP contribution in [0, 0.1) is 19.8 Å². The minimum absolute atomic E-state index is 0.0268. The minimum atomic E-state index is -0.0268. The minimum Gasteiger partial charge on any atom is -0.354 e. The van der Waals surface area contributed by atoms with Crippen molar-refractivity contribution < 1.29 is 4.79 Å². The summed E-state index contributed by atoms with van der Waals surface area (Å²) >= 11 is 0. The summed E-state index contributed by atoms with van der Waals surface area (Å²) in [6, 6.07) is 20.5. The summed E-state index contributed by atoms with van der Waals surface area (Å²) in [6.45, 7) is 6.30. The van der Waals surface area contributed by atoms with Crippen LogP contribution in [0.3, 0.4) is 0 Å². The number of rotatable bonds is 5. The lowest BCUT2D eigenvalue weighted by Crippen LogP contribution is -2.43. The smallest absolute Gasteiger partial charge is 0.225 e. The van der Waals surface area contributed by atoms with Crippen LogP contribution in [0.4, 0.5) is 5.82 Å². The molecule has 0 radical (unpaired) electrons. The van der Waals surface area contributed by atoms with E-state index in [0.29, 0.717) is 13.1 Å². The standard InChI is InChI=1S/C25H28N4O/c1-18-7-5-10-20(15-18)23-12-13-24(28-27-23)29-14-6-11-22(17-29)25(30)26-16-21-9-4-3-8-19(21)2/h3-5,7-10,12-13,15,22H,6,11,14,16-17H2,1-2H3,(H,26,30). The number of aromatic nitrogens is 2. The fourth-order valence-electron chi connectivity index (χ4n) is 3.99. The molecule has 1 aliphatic rings. The molecule has 1 aromatic heterocycles. The van der Waals surface area contributed by atoms with E-state index in [9.17, 15) is 4.79 Å². The molecule has 1 atom stereocenters. The van der Waals surface area contributed by atoms with E-state index in [0.717, 1.165) is 42.0 Å². The lowest BCUT2D eigenvalue weighted by molar-refractivity contribution is -0.125. The third kappa shape index (κ3) is 4.67. The number of piperidine rings is 1. The Labute approximate surface area is 178 Å². The Bertz CT molecular complexity index is 1020. The van der Waals surface area contributed by atoms with Crippen LogP contribution in [0.25, 0.3) is 11.3 Å². The fraction of sp³-hybridized carbons (Fsp3) is 0.320. The first-order valence-electron chi connectivity index (χ1n) is 10.6. The molecule has 1 N–H and O–H groups in total. The molecule has 0 bridgehead atoms. The molecule has 2 aromatic carbocycles. The Morgan fingerprint density at radius 3 is 2.70 bits per heavy atom. The predicted molar refractivity (Wildman–Crippen MR) is 120 cm³/mol. The molecule has 30 heavy (non-hydrogen) atoms. The van der Waals surface area contributed by atoms with E-state index < -0.39 is 0 Å². The lowest BCUT2D eigenvalue weighted by Gasteiger charge is -2.32. The largest absolute Gasteiger partial charge is 0.354 e. The normalized spacial score (nSPS) is 16.3. The number of nitrogens with zero attached hydrogens (tertiary/aromatic N) is 3. The Morgan fingerprint density at radius 1 is 1.07 bits per heavy atom. The number of amides is 1. The Morgan fingerprint density at radius 2 is 1.93 bits per heavy atom.